The molecule has 0 fully saturated rings. The molecule has 11 heterocycles. The summed E-state index contributed by atoms with van der Waals surface area (Å²) in [5.41, 5.74) is 30.3. The molecule has 6 heteroatoms. The summed E-state index contributed by atoms with van der Waals surface area (Å²) in [6.45, 7) is 8.68. The van der Waals surface area contributed by atoms with Crippen molar-refractivity contribution in [3.05, 3.63) is 239 Å². The fraction of sp³-hybridized carbons (Fsp3) is 0.0556. The molecule has 0 saturated heterocycles. The van der Waals surface area contributed by atoms with Gasteiger partial charge in [0, 0.05) is 66.2 Å². The molecule has 12 aromatic rings. The molecule has 0 aliphatic carbocycles. The highest BCUT2D eigenvalue weighted by molar-refractivity contribution is 6.06. The zero-order valence-electron chi connectivity index (χ0n) is 43.6. The fourth-order valence-corrected chi connectivity index (χ4v) is 12.3. The van der Waals surface area contributed by atoms with Crippen molar-refractivity contribution in [2.24, 2.45) is 0 Å². The number of aromatic nitrogens is 6. The molecule has 6 nitrogen and oxygen atoms in total. The quantitative estimate of drug-likeness (QED) is 0.169. The number of rotatable bonds is 2. The monoisotopic (exact) mass is 998 g/mol. The number of H-pyrrole nitrogens is 2. The zero-order chi connectivity index (χ0) is 52.2. The predicted octanol–water partition coefficient (Wildman–Crippen LogP) is 18.6. The molecule has 18 rings (SSSR count). The maximum absolute atomic E-state index is 5.71. The summed E-state index contributed by atoms with van der Waals surface area (Å²) >= 11 is 0. The van der Waals surface area contributed by atoms with Crippen LogP contribution in [0.3, 0.4) is 0 Å². The van der Waals surface area contributed by atoms with E-state index in [-0.39, 0.29) is 0 Å². The van der Waals surface area contributed by atoms with Gasteiger partial charge in [0.2, 0.25) is 0 Å². The van der Waals surface area contributed by atoms with Gasteiger partial charge in [-0.1, -0.05) is 180 Å². The zero-order valence-corrected chi connectivity index (χ0v) is 43.6. The third-order valence-corrected chi connectivity index (χ3v) is 15.7. The molecule has 2 N–H and O–H groups in total. The van der Waals surface area contributed by atoms with Crippen molar-refractivity contribution in [1.29, 1.82) is 0 Å². The predicted molar refractivity (Wildman–Crippen MR) is 325 cm³/mol. The SMILES string of the molecule is Cc1cc(C)cc(-c2c3nc(c4c5ccc([nH]5)c(-c5cc(C)cc(C)c5)c5nc(c(c6ccc2[nH]6)-c2ccccc2-c2ccc(cc2)-c2ccc6ccc7ccc(nc7c6n2)-c2ccc(cc2)-c2ccccc2-4)C=C5)C=C3)c1. The lowest BCUT2D eigenvalue weighted by molar-refractivity contribution is 1.30. The number of nitrogens with one attached hydrogen (secondary N) is 2. The number of aryl methyl sites for hydroxylation is 4. The van der Waals surface area contributed by atoms with Crippen LogP contribution in [-0.4, -0.2) is 29.9 Å². The summed E-state index contributed by atoms with van der Waals surface area (Å²) in [6.07, 6.45) is 8.76. The minimum absolute atomic E-state index is 0.860. The largest absolute Gasteiger partial charge is 0.354 e. The third kappa shape index (κ3) is 7.63. The van der Waals surface area contributed by atoms with E-state index in [0.29, 0.717) is 0 Å². The van der Waals surface area contributed by atoms with Crippen molar-refractivity contribution >= 4 is 68.2 Å². The Morgan fingerprint density at radius 1 is 0.269 bits per heavy atom. The van der Waals surface area contributed by atoms with Gasteiger partial charge in [-0.2, -0.15) is 0 Å². The summed E-state index contributed by atoms with van der Waals surface area (Å²) < 4.78 is 0. The highest BCUT2D eigenvalue weighted by atomic mass is 14.8. The van der Waals surface area contributed by atoms with Gasteiger partial charge in [-0.3, -0.25) is 0 Å². The Morgan fingerprint density at radius 2 is 0.590 bits per heavy atom. The number of pyridine rings is 2. The molecule has 0 unspecified atom stereocenters. The second-order valence-electron chi connectivity index (χ2n) is 21.1. The van der Waals surface area contributed by atoms with Crippen molar-refractivity contribution in [2.45, 2.75) is 27.7 Å². The van der Waals surface area contributed by atoms with Gasteiger partial charge in [0.15, 0.2) is 0 Å². The van der Waals surface area contributed by atoms with E-state index in [1.54, 1.807) is 0 Å². The molecular weight excluding hydrogens is 949 g/mol. The van der Waals surface area contributed by atoms with Crippen LogP contribution < -0.4 is 0 Å². The second kappa shape index (κ2) is 17.8. The minimum atomic E-state index is 0.860. The van der Waals surface area contributed by atoms with Crippen molar-refractivity contribution < 1.29 is 0 Å². The molecule has 5 aromatic heterocycles. The van der Waals surface area contributed by atoms with Crippen LogP contribution in [0.2, 0.25) is 0 Å². The first-order chi connectivity index (χ1) is 38.2. The number of nitrogens with zero attached hydrogens (tertiary/aromatic N) is 4. The topological polar surface area (TPSA) is 83.1 Å². The first-order valence-corrected chi connectivity index (χ1v) is 26.7. The van der Waals surface area contributed by atoms with E-state index >= 15 is 0 Å². The normalized spacial score (nSPS) is 12.3. The average molecular weight is 999 g/mol. The average Bonchev–Trinajstić information content (AvgIpc) is 4.36. The van der Waals surface area contributed by atoms with Crippen LogP contribution in [-0.2, 0) is 0 Å². The van der Waals surface area contributed by atoms with Gasteiger partial charge >= 0.3 is 0 Å². The highest BCUT2D eigenvalue weighted by Gasteiger charge is 2.23. The molecule has 0 radical (unpaired) electrons. The molecule has 368 valence electrons. The van der Waals surface area contributed by atoms with E-state index < -0.39 is 0 Å². The first-order valence-electron chi connectivity index (χ1n) is 26.7. The van der Waals surface area contributed by atoms with Crippen LogP contribution in [0.1, 0.15) is 45.0 Å². The molecule has 78 heavy (non-hydrogen) atoms. The van der Waals surface area contributed by atoms with Crippen LogP contribution in [0.5, 0.6) is 0 Å². The van der Waals surface area contributed by atoms with Gasteiger partial charge in [-0.05, 0) is 133 Å². The molecule has 18 bridgehead atoms. The highest BCUT2D eigenvalue weighted by Crippen LogP contribution is 2.44. The molecule has 0 amide bonds. The maximum atomic E-state index is 5.71. The minimum Gasteiger partial charge on any atom is -0.354 e. The van der Waals surface area contributed by atoms with E-state index in [0.717, 1.165) is 156 Å². The Hall–Kier alpha value is -10.0. The van der Waals surface area contributed by atoms with E-state index in [1.165, 1.54) is 22.3 Å². The summed E-state index contributed by atoms with van der Waals surface area (Å²) in [5, 5.41) is 2.09. The van der Waals surface area contributed by atoms with E-state index in [1.807, 2.05) is 0 Å². The van der Waals surface area contributed by atoms with Crippen LogP contribution in [0.25, 0.3) is 157 Å². The second-order valence-corrected chi connectivity index (χ2v) is 21.1. The van der Waals surface area contributed by atoms with Gasteiger partial charge in [-0.25, -0.2) is 19.9 Å². The summed E-state index contributed by atoms with van der Waals surface area (Å²) in [5.74, 6) is 0. The van der Waals surface area contributed by atoms with Crippen molar-refractivity contribution in [1.82, 2.24) is 29.9 Å². The van der Waals surface area contributed by atoms with Crippen LogP contribution >= 0.6 is 0 Å². The van der Waals surface area contributed by atoms with E-state index in [2.05, 4.69) is 256 Å². The standard InChI is InChI=1S/C72H50N6/c1-41-35-42(2)38-51(37-41)67-59-27-31-63(73-59)69-55-11-7-5-9-53(55)45-13-17-47(18-14-45)57-25-23-49-21-22-50-24-26-58(78-72(50)71(49)77-57)48-19-15-46(16-20-48)54-10-6-8-12-56(54)70(64-32-28-60(67)74-64)66-34-30-62(76-66)68(61-29-33-65(69)75-61)52-39-43(3)36-44(4)40-52/h5-40,73,76H,1-4H3. The Kier molecular flexibility index (Phi) is 10.3. The first kappa shape index (κ1) is 45.4. The van der Waals surface area contributed by atoms with Gasteiger partial charge in [0.25, 0.3) is 0 Å². The Morgan fingerprint density at radius 3 is 0.974 bits per heavy atom. The van der Waals surface area contributed by atoms with Crippen LogP contribution in [0, 0.1) is 27.7 Å². The molecule has 0 atom stereocenters. The van der Waals surface area contributed by atoms with Crippen LogP contribution in [0.4, 0.5) is 0 Å². The molecule has 6 aliphatic heterocycles. The van der Waals surface area contributed by atoms with Crippen molar-refractivity contribution in [2.75, 3.05) is 0 Å². The third-order valence-electron chi connectivity index (χ3n) is 15.7. The lowest BCUT2D eigenvalue weighted by Crippen LogP contribution is -1.92. The molecule has 7 aromatic carbocycles. The van der Waals surface area contributed by atoms with Crippen molar-refractivity contribution in [3.8, 4) is 89.3 Å². The van der Waals surface area contributed by atoms with E-state index in [4.69, 9.17) is 19.9 Å². The number of benzene rings is 7. The maximum Gasteiger partial charge on any atom is 0.0972 e. The van der Waals surface area contributed by atoms with Gasteiger partial charge < -0.3 is 9.97 Å². The van der Waals surface area contributed by atoms with Crippen LogP contribution in [0.15, 0.2) is 194 Å². The lowest BCUT2D eigenvalue weighted by atomic mass is 9.92. The van der Waals surface area contributed by atoms with Gasteiger partial charge in [-0.15, -0.1) is 0 Å². The number of fused-ring (bicyclic) bond motifs is 2. The molecular formula is C72H50N6. The van der Waals surface area contributed by atoms with Crippen molar-refractivity contribution in [3.63, 3.8) is 0 Å². The van der Waals surface area contributed by atoms with E-state index in [9.17, 15) is 0 Å². The fourth-order valence-electron chi connectivity index (χ4n) is 12.3. The Labute approximate surface area is 451 Å². The molecule has 0 saturated carbocycles. The molecule has 0 spiro atoms. The lowest BCUT2D eigenvalue weighted by Gasteiger charge is -2.13. The summed E-state index contributed by atoms with van der Waals surface area (Å²) in [7, 11) is 0. The number of hydrogen-bond acceptors (Lipinski definition) is 4. The Balaban J connectivity index is 1.11. The molecule has 6 aliphatic rings. The summed E-state index contributed by atoms with van der Waals surface area (Å²) in [6, 6.07) is 70.4. The smallest absolute Gasteiger partial charge is 0.0972 e. The number of hydrogen-bond donors (Lipinski definition) is 2. The van der Waals surface area contributed by atoms with Gasteiger partial charge in [0.1, 0.15) is 0 Å². The van der Waals surface area contributed by atoms with Gasteiger partial charge in [0.05, 0.1) is 45.2 Å². The summed E-state index contributed by atoms with van der Waals surface area (Å²) in [4.78, 5) is 30.2. The Bertz CT molecular complexity index is 4420. The number of aromatic amines is 2.